The molecule has 1 nitrogen and oxygen atoms in total. The van der Waals surface area contributed by atoms with Crippen molar-refractivity contribution in [1.82, 2.24) is 0 Å². The molecule has 0 bridgehead atoms. The minimum atomic E-state index is 1.15. The molecule has 0 unspecified atom stereocenters. The van der Waals surface area contributed by atoms with Gasteiger partial charge in [0.2, 0.25) is 0 Å². The molecule has 29 heavy (non-hydrogen) atoms. The molecule has 0 aliphatic carbocycles. The number of anilines is 3. The summed E-state index contributed by atoms with van der Waals surface area (Å²) in [7, 11) is 0. The molecule has 0 aromatic heterocycles. The zero-order valence-electron chi connectivity index (χ0n) is 16.9. The van der Waals surface area contributed by atoms with E-state index in [1.165, 1.54) is 27.9 Å². The predicted molar refractivity (Wildman–Crippen MR) is 126 cm³/mol. The van der Waals surface area contributed by atoms with Crippen molar-refractivity contribution in [2.75, 3.05) is 4.90 Å². The minimum absolute atomic E-state index is 1.15. The van der Waals surface area contributed by atoms with Gasteiger partial charge in [-0.05, 0) is 72.5 Å². The van der Waals surface area contributed by atoms with Gasteiger partial charge in [0.15, 0.2) is 0 Å². The lowest BCUT2D eigenvalue weighted by Gasteiger charge is -2.26. The lowest BCUT2D eigenvalue weighted by molar-refractivity contribution is 1.25. The molecule has 0 aliphatic rings. The van der Waals surface area contributed by atoms with E-state index in [-0.39, 0.29) is 0 Å². The van der Waals surface area contributed by atoms with Crippen LogP contribution in [0.1, 0.15) is 22.3 Å². The Labute approximate surface area is 173 Å². The second-order valence-corrected chi connectivity index (χ2v) is 7.35. The van der Waals surface area contributed by atoms with Crippen LogP contribution < -0.4 is 4.90 Å². The van der Waals surface area contributed by atoms with E-state index in [9.17, 15) is 0 Å². The van der Waals surface area contributed by atoms with Crippen LogP contribution in [0.4, 0.5) is 17.1 Å². The highest BCUT2D eigenvalue weighted by Crippen LogP contribution is 2.35. The summed E-state index contributed by atoms with van der Waals surface area (Å²) in [5.74, 6) is 0. The van der Waals surface area contributed by atoms with Crippen LogP contribution in [0, 0.1) is 13.8 Å². The van der Waals surface area contributed by atoms with Crippen molar-refractivity contribution < 1.29 is 0 Å². The highest BCUT2D eigenvalue weighted by molar-refractivity contribution is 5.78. The van der Waals surface area contributed by atoms with Gasteiger partial charge in [-0.25, -0.2) is 0 Å². The summed E-state index contributed by atoms with van der Waals surface area (Å²) in [5.41, 5.74) is 8.42. The SMILES string of the molecule is Cc1cc(C)cc(N(c2ccccc2)c2ccc(C=Cc3ccccc3)cc2)c1. The molecule has 1 heteroatoms. The van der Waals surface area contributed by atoms with Gasteiger partial charge in [-0.2, -0.15) is 0 Å². The lowest BCUT2D eigenvalue weighted by Crippen LogP contribution is -2.10. The fourth-order valence-corrected chi connectivity index (χ4v) is 3.60. The van der Waals surface area contributed by atoms with E-state index >= 15 is 0 Å². The molecular formula is C28H25N. The van der Waals surface area contributed by atoms with Crippen LogP contribution in [0.15, 0.2) is 103 Å². The van der Waals surface area contributed by atoms with Crippen LogP contribution in [-0.4, -0.2) is 0 Å². The molecule has 0 aliphatic heterocycles. The van der Waals surface area contributed by atoms with Gasteiger partial charge in [0.05, 0.1) is 0 Å². The Morgan fingerprint density at radius 3 is 1.55 bits per heavy atom. The fourth-order valence-electron chi connectivity index (χ4n) is 3.60. The van der Waals surface area contributed by atoms with Crippen molar-refractivity contribution in [3.63, 3.8) is 0 Å². The molecule has 4 aromatic rings. The largest absolute Gasteiger partial charge is 0.310 e. The molecule has 0 heterocycles. The van der Waals surface area contributed by atoms with Crippen LogP contribution in [0.3, 0.4) is 0 Å². The minimum Gasteiger partial charge on any atom is -0.310 e. The van der Waals surface area contributed by atoms with Crippen LogP contribution in [0.2, 0.25) is 0 Å². The number of hydrogen-bond donors (Lipinski definition) is 0. The molecule has 0 atom stereocenters. The van der Waals surface area contributed by atoms with E-state index in [1.54, 1.807) is 0 Å². The topological polar surface area (TPSA) is 3.24 Å². The molecule has 0 saturated carbocycles. The third kappa shape index (κ3) is 4.64. The summed E-state index contributed by atoms with van der Waals surface area (Å²) < 4.78 is 0. The molecule has 0 saturated heterocycles. The smallest absolute Gasteiger partial charge is 0.0466 e. The first kappa shape index (κ1) is 18.8. The van der Waals surface area contributed by atoms with Gasteiger partial charge in [0.1, 0.15) is 0 Å². The van der Waals surface area contributed by atoms with E-state index in [0.29, 0.717) is 0 Å². The van der Waals surface area contributed by atoms with Gasteiger partial charge < -0.3 is 4.90 Å². The number of benzene rings is 4. The number of aryl methyl sites for hydroxylation is 2. The first-order valence-corrected chi connectivity index (χ1v) is 9.96. The van der Waals surface area contributed by atoms with E-state index in [2.05, 4.69) is 128 Å². The second kappa shape index (κ2) is 8.62. The van der Waals surface area contributed by atoms with E-state index < -0.39 is 0 Å². The van der Waals surface area contributed by atoms with Gasteiger partial charge in [-0.3, -0.25) is 0 Å². The quantitative estimate of drug-likeness (QED) is 0.320. The standard InChI is InChI=1S/C28H25N/c1-22-19-23(2)21-28(20-22)29(26-11-7-4-8-12-26)27-17-15-25(16-18-27)14-13-24-9-5-3-6-10-24/h3-21H,1-2H3. The zero-order valence-corrected chi connectivity index (χ0v) is 16.9. The fraction of sp³-hybridized carbons (Fsp3) is 0.0714. The van der Waals surface area contributed by atoms with Crippen LogP contribution >= 0.6 is 0 Å². The van der Waals surface area contributed by atoms with Crippen molar-refractivity contribution in [3.8, 4) is 0 Å². The Balaban J connectivity index is 1.69. The molecule has 4 rings (SSSR count). The highest BCUT2D eigenvalue weighted by Gasteiger charge is 2.12. The Morgan fingerprint density at radius 2 is 0.966 bits per heavy atom. The van der Waals surface area contributed by atoms with Gasteiger partial charge >= 0.3 is 0 Å². The third-order valence-electron chi connectivity index (χ3n) is 4.90. The normalized spacial score (nSPS) is 11.0. The van der Waals surface area contributed by atoms with Gasteiger partial charge in [-0.1, -0.05) is 78.9 Å². The molecular weight excluding hydrogens is 350 g/mol. The van der Waals surface area contributed by atoms with E-state index in [0.717, 1.165) is 11.4 Å². The summed E-state index contributed by atoms with van der Waals surface area (Å²) in [4.78, 5) is 2.31. The Kier molecular flexibility index (Phi) is 5.58. The number of nitrogens with zero attached hydrogens (tertiary/aromatic N) is 1. The van der Waals surface area contributed by atoms with Crippen molar-refractivity contribution in [2.45, 2.75) is 13.8 Å². The summed E-state index contributed by atoms with van der Waals surface area (Å²) in [6.07, 6.45) is 4.30. The highest BCUT2D eigenvalue weighted by atomic mass is 15.1. The van der Waals surface area contributed by atoms with Crippen LogP contribution in [0.5, 0.6) is 0 Å². The molecule has 0 radical (unpaired) electrons. The number of rotatable bonds is 5. The van der Waals surface area contributed by atoms with Gasteiger partial charge in [0.25, 0.3) is 0 Å². The first-order valence-electron chi connectivity index (χ1n) is 9.96. The van der Waals surface area contributed by atoms with Crippen molar-refractivity contribution >= 4 is 29.2 Å². The van der Waals surface area contributed by atoms with Gasteiger partial charge in [-0.15, -0.1) is 0 Å². The number of para-hydroxylation sites is 1. The van der Waals surface area contributed by atoms with Crippen molar-refractivity contribution in [1.29, 1.82) is 0 Å². The third-order valence-corrected chi connectivity index (χ3v) is 4.90. The number of hydrogen-bond acceptors (Lipinski definition) is 1. The van der Waals surface area contributed by atoms with E-state index in [4.69, 9.17) is 0 Å². The molecule has 0 fully saturated rings. The average Bonchev–Trinajstić information content (AvgIpc) is 2.74. The summed E-state index contributed by atoms with van der Waals surface area (Å²) in [6.45, 7) is 4.30. The average molecular weight is 376 g/mol. The van der Waals surface area contributed by atoms with E-state index in [1.807, 2.05) is 6.07 Å². The molecule has 0 spiro atoms. The summed E-state index contributed by atoms with van der Waals surface area (Å²) in [5, 5.41) is 0. The van der Waals surface area contributed by atoms with Gasteiger partial charge in [0, 0.05) is 17.1 Å². The molecule has 0 amide bonds. The first-order chi connectivity index (χ1) is 14.2. The lowest BCUT2D eigenvalue weighted by atomic mass is 10.1. The Bertz CT molecular complexity index is 1070. The second-order valence-electron chi connectivity index (χ2n) is 7.35. The Morgan fingerprint density at radius 1 is 0.483 bits per heavy atom. The predicted octanol–water partition coefficient (Wildman–Crippen LogP) is 7.94. The maximum Gasteiger partial charge on any atom is 0.0466 e. The zero-order chi connectivity index (χ0) is 20.1. The summed E-state index contributed by atoms with van der Waals surface area (Å²) >= 11 is 0. The molecule has 0 N–H and O–H groups in total. The maximum absolute atomic E-state index is 2.31. The summed E-state index contributed by atoms with van der Waals surface area (Å²) in [6, 6.07) is 36.3. The van der Waals surface area contributed by atoms with Crippen molar-refractivity contribution in [2.24, 2.45) is 0 Å². The molecule has 142 valence electrons. The maximum atomic E-state index is 2.31. The molecule has 4 aromatic carbocycles. The van der Waals surface area contributed by atoms with Crippen molar-refractivity contribution in [3.05, 3.63) is 125 Å². The monoisotopic (exact) mass is 375 g/mol. The Hall–Kier alpha value is -3.58. The van der Waals surface area contributed by atoms with Crippen LogP contribution in [0.25, 0.3) is 12.2 Å². The van der Waals surface area contributed by atoms with Crippen LogP contribution in [-0.2, 0) is 0 Å².